The predicted molar refractivity (Wildman–Crippen MR) is 127 cm³/mol. The molecule has 0 saturated carbocycles. The first kappa shape index (κ1) is 24.1. The van der Waals surface area contributed by atoms with E-state index >= 15 is 0 Å². The van der Waals surface area contributed by atoms with Crippen molar-refractivity contribution in [3.05, 3.63) is 23.8 Å². The van der Waals surface area contributed by atoms with E-state index in [4.69, 9.17) is 0 Å². The highest BCUT2D eigenvalue weighted by molar-refractivity contribution is 7.89. The average molecular weight is 478 g/mol. The minimum atomic E-state index is -3.55. The summed E-state index contributed by atoms with van der Waals surface area (Å²) in [6.07, 6.45) is 2.07. The van der Waals surface area contributed by atoms with Crippen molar-refractivity contribution in [1.82, 2.24) is 19.4 Å². The van der Waals surface area contributed by atoms with Crippen LogP contribution in [0.4, 0.5) is 5.69 Å². The highest BCUT2D eigenvalue weighted by atomic mass is 32.2. The van der Waals surface area contributed by atoms with Gasteiger partial charge in [-0.2, -0.15) is 4.31 Å². The summed E-state index contributed by atoms with van der Waals surface area (Å²) in [6, 6.07) is 4.21. The van der Waals surface area contributed by atoms with E-state index in [1.54, 1.807) is 18.2 Å². The number of hydrogen-bond acceptors (Lipinski definition) is 6. The molecule has 2 saturated heterocycles. The molecule has 0 aromatic heterocycles. The number of anilines is 1. The maximum atomic E-state index is 13.0. The number of amides is 2. The van der Waals surface area contributed by atoms with Crippen molar-refractivity contribution >= 4 is 27.5 Å². The van der Waals surface area contributed by atoms with Gasteiger partial charge in [-0.3, -0.25) is 19.4 Å². The molecule has 0 spiro atoms. The van der Waals surface area contributed by atoms with Gasteiger partial charge in [-0.1, -0.05) is 6.92 Å². The van der Waals surface area contributed by atoms with E-state index in [1.807, 2.05) is 0 Å². The number of nitrogens with zero attached hydrogens (tertiary/aromatic N) is 4. The summed E-state index contributed by atoms with van der Waals surface area (Å²) in [4.78, 5) is 31.9. The van der Waals surface area contributed by atoms with Gasteiger partial charge in [0.05, 0.1) is 4.90 Å². The minimum Gasteiger partial charge on any atom is -0.353 e. The molecule has 10 heteroatoms. The highest BCUT2D eigenvalue weighted by Gasteiger charge is 2.38. The lowest BCUT2D eigenvalue weighted by Crippen LogP contribution is -2.51. The molecule has 0 bridgehead atoms. The Morgan fingerprint density at radius 1 is 1.03 bits per heavy atom. The van der Waals surface area contributed by atoms with Gasteiger partial charge in [-0.25, -0.2) is 8.42 Å². The molecule has 0 radical (unpaired) electrons. The zero-order valence-electron chi connectivity index (χ0n) is 19.6. The Labute approximate surface area is 196 Å². The van der Waals surface area contributed by atoms with Crippen LogP contribution >= 0.6 is 0 Å². The Hall–Kier alpha value is -2.01. The first-order chi connectivity index (χ1) is 15.8. The summed E-state index contributed by atoms with van der Waals surface area (Å²) >= 11 is 0. The Kier molecular flexibility index (Phi) is 7.37. The third kappa shape index (κ3) is 5.08. The molecule has 9 nitrogen and oxygen atoms in total. The SMILES string of the molecule is CCN1CCN(CCNC(=O)C2Cc3cc(S(=O)(=O)N4CCCC4)ccc3N2C(C)=O)CC1. The third-order valence-corrected chi connectivity index (χ3v) is 8.91. The topological polar surface area (TPSA) is 93.3 Å². The lowest BCUT2D eigenvalue weighted by atomic mass is 10.1. The summed E-state index contributed by atoms with van der Waals surface area (Å²) < 4.78 is 27.4. The van der Waals surface area contributed by atoms with Crippen LogP contribution < -0.4 is 10.2 Å². The van der Waals surface area contributed by atoms with Gasteiger partial charge in [0.2, 0.25) is 21.8 Å². The van der Waals surface area contributed by atoms with Crippen molar-refractivity contribution in [2.45, 2.75) is 44.0 Å². The minimum absolute atomic E-state index is 0.197. The molecule has 3 aliphatic heterocycles. The lowest BCUT2D eigenvalue weighted by molar-refractivity contribution is -0.125. The maximum Gasteiger partial charge on any atom is 0.243 e. The second kappa shape index (κ2) is 10.1. The van der Waals surface area contributed by atoms with Crippen molar-refractivity contribution in [2.75, 3.05) is 63.8 Å². The number of hydrogen-bond donors (Lipinski definition) is 1. The molecule has 2 amide bonds. The van der Waals surface area contributed by atoms with Crippen LogP contribution in [0.5, 0.6) is 0 Å². The van der Waals surface area contributed by atoms with Gasteiger partial charge in [0.15, 0.2) is 0 Å². The Morgan fingerprint density at radius 3 is 2.33 bits per heavy atom. The van der Waals surface area contributed by atoms with E-state index in [2.05, 4.69) is 22.0 Å². The number of nitrogens with one attached hydrogen (secondary N) is 1. The Balaban J connectivity index is 1.40. The molecule has 1 aromatic carbocycles. The monoisotopic (exact) mass is 477 g/mol. The van der Waals surface area contributed by atoms with Crippen LogP contribution in [0.2, 0.25) is 0 Å². The number of rotatable bonds is 7. The van der Waals surface area contributed by atoms with Gasteiger partial charge in [0, 0.05) is 71.4 Å². The first-order valence-corrected chi connectivity index (χ1v) is 13.4. The summed E-state index contributed by atoms with van der Waals surface area (Å²) in [5.41, 5.74) is 1.35. The van der Waals surface area contributed by atoms with E-state index in [0.29, 0.717) is 31.7 Å². The van der Waals surface area contributed by atoms with Crippen LogP contribution in [0.15, 0.2) is 23.1 Å². The van der Waals surface area contributed by atoms with Crippen LogP contribution in [0.1, 0.15) is 32.3 Å². The standard InChI is InChI=1S/C23H35N5O4S/c1-3-25-12-14-26(15-13-25)11-8-24-23(30)22-17-19-16-20(6-7-21(19)28(22)18(2)29)33(31,32)27-9-4-5-10-27/h6-7,16,22H,3-5,8-15,17H2,1-2H3,(H,24,30). The van der Waals surface area contributed by atoms with Crippen molar-refractivity contribution in [1.29, 1.82) is 0 Å². The number of sulfonamides is 1. The number of benzene rings is 1. The van der Waals surface area contributed by atoms with Crippen LogP contribution in [0.25, 0.3) is 0 Å². The summed E-state index contributed by atoms with van der Waals surface area (Å²) in [6.45, 7) is 11.1. The van der Waals surface area contributed by atoms with Crippen LogP contribution in [0.3, 0.4) is 0 Å². The number of likely N-dealkylation sites (N-methyl/N-ethyl adjacent to an activating group) is 1. The van der Waals surface area contributed by atoms with Crippen LogP contribution in [0, 0.1) is 0 Å². The maximum absolute atomic E-state index is 13.0. The molecule has 182 valence electrons. The van der Waals surface area contributed by atoms with Crippen molar-refractivity contribution in [3.8, 4) is 0 Å². The second-order valence-electron chi connectivity index (χ2n) is 9.08. The summed E-state index contributed by atoms with van der Waals surface area (Å²) in [7, 11) is -3.55. The number of carbonyl (C=O) groups is 2. The molecule has 1 N–H and O–H groups in total. The quantitative estimate of drug-likeness (QED) is 0.615. The Morgan fingerprint density at radius 2 is 1.70 bits per heavy atom. The highest BCUT2D eigenvalue weighted by Crippen LogP contribution is 2.35. The fourth-order valence-electron chi connectivity index (χ4n) is 5.05. The zero-order chi connectivity index (χ0) is 23.6. The molecule has 2 fully saturated rings. The molecule has 1 aromatic rings. The molecule has 3 aliphatic rings. The normalized spacial score (nSPS) is 22.5. The van der Waals surface area contributed by atoms with E-state index in [-0.39, 0.29) is 16.7 Å². The average Bonchev–Trinajstić information content (AvgIpc) is 3.47. The Bertz CT molecular complexity index is 985. The lowest BCUT2D eigenvalue weighted by Gasteiger charge is -2.34. The number of piperazine rings is 1. The smallest absolute Gasteiger partial charge is 0.243 e. The predicted octanol–water partition coefficient (Wildman–Crippen LogP) is 0.502. The van der Waals surface area contributed by atoms with Gasteiger partial charge in [0.25, 0.3) is 0 Å². The molecular weight excluding hydrogens is 442 g/mol. The van der Waals surface area contributed by atoms with Gasteiger partial charge in [0.1, 0.15) is 6.04 Å². The molecule has 4 rings (SSSR count). The van der Waals surface area contributed by atoms with E-state index in [0.717, 1.165) is 57.7 Å². The molecule has 1 atom stereocenters. The summed E-state index contributed by atoms with van der Waals surface area (Å²) in [5, 5.41) is 2.99. The van der Waals surface area contributed by atoms with Gasteiger partial charge < -0.3 is 10.2 Å². The van der Waals surface area contributed by atoms with Gasteiger partial charge in [-0.15, -0.1) is 0 Å². The molecule has 3 heterocycles. The van der Waals surface area contributed by atoms with Crippen molar-refractivity contribution in [2.24, 2.45) is 0 Å². The molecule has 33 heavy (non-hydrogen) atoms. The van der Waals surface area contributed by atoms with Crippen molar-refractivity contribution in [3.63, 3.8) is 0 Å². The fourth-order valence-corrected chi connectivity index (χ4v) is 6.62. The first-order valence-electron chi connectivity index (χ1n) is 12.0. The van der Waals surface area contributed by atoms with Gasteiger partial charge in [-0.05, 0) is 43.1 Å². The summed E-state index contributed by atoms with van der Waals surface area (Å²) in [5.74, 6) is -0.419. The number of carbonyl (C=O) groups excluding carboxylic acids is 2. The molecule has 1 unspecified atom stereocenters. The van der Waals surface area contributed by atoms with E-state index < -0.39 is 16.1 Å². The van der Waals surface area contributed by atoms with Crippen molar-refractivity contribution < 1.29 is 18.0 Å². The molecule has 0 aliphatic carbocycles. The number of fused-ring (bicyclic) bond motifs is 1. The second-order valence-corrected chi connectivity index (χ2v) is 11.0. The fraction of sp³-hybridized carbons (Fsp3) is 0.652. The van der Waals surface area contributed by atoms with Crippen LogP contribution in [-0.2, 0) is 26.0 Å². The van der Waals surface area contributed by atoms with Crippen LogP contribution in [-0.4, -0.2) is 99.3 Å². The van der Waals surface area contributed by atoms with Gasteiger partial charge >= 0.3 is 0 Å². The van der Waals surface area contributed by atoms with E-state index in [9.17, 15) is 18.0 Å². The largest absolute Gasteiger partial charge is 0.353 e. The molecular formula is C23H35N5O4S. The van der Waals surface area contributed by atoms with E-state index in [1.165, 1.54) is 16.1 Å². The zero-order valence-corrected chi connectivity index (χ0v) is 20.4. The third-order valence-electron chi connectivity index (χ3n) is 7.02.